The van der Waals surface area contributed by atoms with Gasteiger partial charge in [0.05, 0.1) is 0 Å². The van der Waals surface area contributed by atoms with Crippen LogP contribution in [0.1, 0.15) is 13.8 Å². The minimum atomic E-state index is 0.719. The van der Waals surface area contributed by atoms with E-state index in [1.807, 2.05) is 0 Å². The lowest BCUT2D eigenvalue weighted by Gasteiger charge is -2.38. The van der Waals surface area contributed by atoms with Gasteiger partial charge in [-0.15, -0.1) is 0 Å². The SMILES string of the molecule is CC(CBr)CN1CCN(C)C(C)C1. The van der Waals surface area contributed by atoms with Crippen molar-refractivity contribution in [2.75, 3.05) is 38.6 Å². The molecule has 0 aromatic carbocycles. The Hall–Kier alpha value is 0.400. The zero-order chi connectivity index (χ0) is 9.84. The van der Waals surface area contributed by atoms with Crippen LogP contribution in [-0.4, -0.2) is 54.4 Å². The third-order valence-electron chi connectivity index (χ3n) is 2.88. The van der Waals surface area contributed by atoms with Crippen LogP contribution in [0.3, 0.4) is 0 Å². The molecule has 0 bridgehead atoms. The molecule has 0 aromatic rings. The Balaban J connectivity index is 2.29. The van der Waals surface area contributed by atoms with Gasteiger partial charge in [-0.2, -0.15) is 0 Å². The summed E-state index contributed by atoms with van der Waals surface area (Å²) < 4.78 is 0. The van der Waals surface area contributed by atoms with Crippen molar-refractivity contribution in [1.82, 2.24) is 9.80 Å². The summed E-state index contributed by atoms with van der Waals surface area (Å²) in [7, 11) is 2.22. The molecule has 1 aliphatic heterocycles. The zero-order valence-electron chi connectivity index (χ0n) is 8.96. The largest absolute Gasteiger partial charge is 0.301 e. The highest BCUT2D eigenvalue weighted by atomic mass is 79.9. The summed E-state index contributed by atoms with van der Waals surface area (Å²) in [5.41, 5.74) is 0. The highest BCUT2D eigenvalue weighted by molar-refractivity contribution is 9.09. The van der Waals surface area contributed by atoms with E-state index in [9.17, 15) is 0 Å². The van der Waals surface area contributed by atoms with Crippen molar-refractivity contribution in [2.45, 2.75) is 19.9 Å². The first-order valence-electron chi connectivity index (χ1n) is 5.12. The Morgan fingerprint density at radius 3 is 2.69 bits per heavy atom. The normalized spacial score (nSPS) is 29.1. The van der Waals surface area contributed by atoms with Gasteiger partial charge in [0.1, 0.15) is 0 Å². The van der Waals surface area contributed by atoms with E-state index >= 15 is 0 Å². The van der Waals surface area contributed by atoms with Gasteiger partial charge in [0.15, 0.2) is 0 Å². The van der Waals surface area contributed by atoms with Gasteiger partial charge in [-0.1, -0.05) is 22.9 Å². The third kappa shape index (κ3) is 3.56. The Morgan fingerprint density at radius 1 is 1.46 bits per heavy atom. The number of hydrogen-bond acceptors (Lipinski definition) is 2. The fourth-order valence-electron chi connectivity index (χ4n) is 1.78. The van der Waals surface area contributed by atoms with Crippen LogP contribution in [0.15, 0.2) is 0 Å². The molecule has 1 heterocycles. The monoisotopic (exact) mass is 248 g/mol. The van der Waals surface area contributed by atoms with Gasteiger partial charge in [-0.25, -0.2) is 0 Å². The van der Waals surface area contributed by atoms with Gasteiger partial charge in [-0.05, 0) is 19.9 Å². The molecule has 0 spiro atoms. The molecule has 0 saturated carbocycles. The predicted molar refractivity (Wildman–Crippen MR) is 61.5 cm³/mol. The molecule has 2 nitrogen and oxygen atoms in total. The summed E-state index contributed by atoms with van der Waals surface area (Å²) >= 11 is 3.53. The van der Waals surface area contributed by atoms with Crippen LogP contribution in [0, 0.1) is 5.92 Å². The van der Waals surface area contributed by atoms with E-state index in [0.29, 0.717) is 0 Å². The molecule has 1 fully saturated rings. The zero-order valence-corrected chi connectivity index (χ0v) is 10.5. The average Bonchev–Trinajstić information content (AvgIpc) is 2.11. The maximum atomic E-state index is 3.53. The van der Waals surface area contributed by atoms with Crippen molar-refractivity contribution in [1.29, 1.82) is 0 Å². The molecule has 2 atom stereocenters. The minimum absolute atomic E-state index is 0.719. The molecule has 1 rings (SSSR count). The number of piperazine rings is 1. The predicted octanol–water partition coefficient (Wildman–Crippen LogP) is 1.65. The van der Waals surface area contributed by atoms with Gasteiger partial charge >= 0.3 is 0 Å². The first kappa shape index (κ1) is 11.5. The van der Waals surface area contributed by atoms with Crippen LogP contribution in [-0.2, 0) is 0 Å². The van der Waals surface area contributed by atoms with E-state index in [1.165, 1.54) is 26.2 Å². The topological polar surface area (TPSA) is 6.48 Å². The molecular weight excluding hydrogens is 228 g/mol. The maximum absolute atomic E-state index is 3.53. The first-order chi connectivity index (χ1) is 6.13. The van der Waals surface area contributed by atoms with E-state index in [2.05, 4.69) is 46.6 Å². The fourth-order valence-corrected chi connectivity index (χ4v) is 1.98. The molecule has 0 radical (unpaired) electrons. The van der Waals surface area contributed by atoms with E-state index < -0.39 is 0 Å². The quantitative estimate of drug-likeness (QED) is 0.702. The van der Waals surface area contributed by atoms with E-state index in [0.717, 1.165) is 17.3 Å². The van der Waals surface area contributed by atoms with Crippen molar-refractivity contribution in [3.8, 4) is 0 Å². The highest BCUT2D eigenvalue weighted by Gasteiger charge is 2.21. The number of rotatable bonds is 3. The Bertz CT molecular complexity index is 150. The summed E-state index contributed by atoms with van der Waals surface area (Å²) in [6.07, 6.45) is 0. The van der Waals surface area contributed by atoms with Crippen LogP contribution in [0.5, 0.6) is 0 Å². The molecule has 1 saturated heterocycles. The lowest BCUT2D eigenvalue weighted by Crippen LogP contribution is -2.51. The van der Waals surface area contributed by atoms with Crippen molar-refractivity contribution >= 4 is 15.9 Å². The van der Waals surface area contributed by atoms with E-state index in [1.54, 1.807) is 0 Å². The van der Waals surface area contributed by atoms with Crippen molar-refractivity contribution < 1.29 is 0 Å². The van der Waals surface area contributed by atoms with Crippen molar-refractivity contribution in [3.63, 3.8) is 0 Å². The molecule has 2 unspecified atom stereocenters. The molecule has 1 aliphatic rings. The Morgan fingerprint density at radius 2 is 2.15 bits per heavy atom. The van der Waals surface area contributed by atoms with Gasteiger partial charge < -0.3 is 9.80 Å². The smallest absolute Gasteiger partial charge is 0.0192 e. The van der Waals surface area contributed by atoms with Crippen LogP contribution >= 0.6 is 15.9 Å². The summed E-state index contributed by atoms with van der Waals surface area (Å²) in [6, 6.07) is 0.719. The lowest BCUT2D eigenvalue weighted by molar-refractivity contribution is 0.0969. The molecule has 13 heavy (non-hydrogen) atoms. The van der Waals surface area contributed by atoms with Gasteiger partial charge in [-0.3, -0.25) is 0 Å². The molecule has 0 N–H and O–H groups in total. The molecule has 0 aromatic heterocycles. The standard InChI is InChI=1S/C10H21BrN2/c1-9(6-11)7-13-5-4-12(3)10(2)8-13/h9-10H,4-8H2,1-3H3. The lowest BCUT2D eigenvalue weighted by atomic mass is 10.1. The minimum Gasteiger partial charge on any atom is -0.301 e. The van der Waals surface area contributed by atoms with E-state index in [4.69, 9.17) is 0 Å². The number of halogens is 1. The molecule has 0 amide bonds. The molecular formula is C10H21BrN2. The second-order valence-electron chi connectivity index (χ2n) is 4.35. The van der Waals surface area contributed by atoms with Gasteiger partial charge in [0.25, 0.3) is 0 Å². The Labute approximate surface area is 90.4 Å². The number of likely N-dealkylation sites (N-methyl/N-ethyl adjacent to an activating group) is 1. The van der Waals surface area contributed by atoms with Crippen molar-refractivity contribution in [2.24, 2.45) is 5.92 Å². The maximum Gasteiger partial charge on any atom is 0.0192 e. The average molecular weight is 249 g/mol. The first-order valence-corrected chi connectivity index (χ1v) is 6.24. The van der Waals surface area contributed by atoms with Gasteiger partial charge in [0, 0.05) is 37.6 Å². The van der Waals surface area contributed by atoms with Crippen LogP contribution < -0.4 is 0 Å². The molecule has 3 heteroatoms. The van der Waals surface area contributed by atoms with Crippen LogP contribution in [0.2, 0.25) is 0 Å². The second-order valence-corrected chi connectivity index (χ2v) is 5.00. The van der Waals surface area contributed by atoms with Crippen molar-refractivity contribution in [3.05, 3.63) is 0 Å². The molecule has 78 valence electrons. The fraction of sp³-hybridized carbons (Fsp3) is 1.00. The number of hydrogen-bond donors (Lipinski definition) is 0. The Kier molecular flexibility index (Phi) is 4.70. The van der Waals surface area contributed by atoms with E-state index in [-0.39, 0.29) is 0 Å². The summed E-state index contributed by atoms with van der Waals surface area (Å²) in [5.74, 6) is 0.774. The van der Waals surface area contributed by atoms with Gasteiger partial charge in [0.2, 0.25) is 0 Å². The summed E-state index contributed by atoms with van der Waals surface area (Å²) in [6.45, 7) is 9.54. The van der Waals surface area contributed by atoms with Crippen LogP contribution in [0.25, 0.3) is 0 Å². The summed E-state index contributed by atoms with van der Waals surface area (Å²) in [4.78, 5) is 5.02. The number of nitrogens with zero attached hydrogens (tertiary/aromatic N) is 2. The summed E-state index contributed by atoms with van der Waals surface area (Å²) in [5, 5.41) is 1.12. The highest BCUT2D eigenvalue weighted by Crippen LogP contribution is 2.10. The van der Waals surface area contributed by atoms with Crippen LogP contribution in [0.4, 0.5) is 0 Å². The third-order valence-corrected chi connectivity index (χ3v) is 3.98. The molecule has 0 aliphatic carbocycles. The second kappa shape index (κ2) is 5.32. The number of alkyl halides is 1.